The summed E-state index contributed by atoms with van der Waals surface area (Å²) in [4.78, 5) is 11.8. The average molecular weight is 341 g/mol. The molecule has 1 atom stereocenters. The summed E-state index contributed by atoms with van der Waals surface area (Å²) in [5, 5.41) is 2.62. The van der Waals surface area contributed by atoms with Crippen LogP contribution in [0.2, 0.25) is 0 Å². The fraction of sp³-hybridized carbons (Fsp3) is 0.235. The standard InChI is InChI=1S/C17H15F4NO2/c1-11(12-3-2-4-14(18)9-12)22-16(23)10-24-15-7-5-13(6-8-15)17(19,20)21/h2-9,11H,10H2,1H3,(H,22,23)/t11-/m0/s1. The van der Waals surface area contributed by atoms with Crippen LogP contribution in [0.15, 0.2) is 48.5 Å². The second kappa shape index (κ2) is 7.33. The van der Waals surface area contributed by atoms with Crippen molar-refractivity contribution in [1.29, 1.82) is 0 Å². The summed E-state index contributed by atoms with van der Waals surface area (Å²) in [5.41, 5.74) is -0.197. The van der Waals surface area contributed by atoms with E-state index in [1.165, 1.54) is 18.2 Å². The van der Waals surface area contributed by atoms with Gasteiger partial charge >= 0.3 is 6.18 Å². The van der Waals surface area contributed by atoms with Crippen molar-refractivity contribution in [2.45, 2.75) is 19.1 Å². The van der Waals surface area contributed by atoms with E-state index in [-0.39, 0.29) is 12.4 Å². The van der Waals surface area contributed by atoms with Gasteiger partial charge in [0.15, 0.2) is 6.61 Å². The third-order valence-corrected chi connectivity index (χ3v) is 3.28. The molecule has 0 spiro atoms. The van der Waals surface area contributed by atoms with Gasteiger partial charge in [-0.15, -0.1) is 0 Å². The van der Waals surface area contributed by atoms with Crippen LogP contribution < -0.4 is 10.1 Å². The van der Waals surface area contributed by atoms with Crippen LogP contribution in [-0.4, -0.2) is 12.5 Å². The minimum absolute atomic E-state index is 0.150. The van der Waals surface area contributed by atoms with Crippen LogP contribution >= 0.6 is 0 Å². The van der Waals surface area contributed by atoms with Crippen molar-refractivity contribution in [1.82, 2.24) is 5.32 Å². The van der Waals surface area contributed by atoms with Gasteiger partial charge in [0, 0.05) is 0 Å². The summed E-state index contributed by atoms with van der Waals surface area (Å²) in [5.74, 6) is -0.724. The first-order valence-electron chi connectivity index (χ1n) is 7.10. The van der Waals surface area contributed by atoms with Crippen molar-refractivity contribution in [3.63, 3.8) is 0 Å². The maximum atomic E-state index is 13.1. The average Bonchev–Trinajstić information content (AvgIpc) is 2.52. The predicted octanol–water partition coefficient (Wildman–Crippen LogP) is 4.10. The fourth-order valence-electron chi connectivity index (χ4n) is 2.03. The van der Waals surface area contributed by atoms with Gasteiger partial charge in [0.05, 0.1) is 11.6 Å². The maximum absolute atomic E-state index is 13.1. The van der Waals surface area contributed by atoms with E-state index in [2.05, 4.69) is 5.32 Å². The Bertz CT molecular complexity index is 698. The predicted molar refractivity (Wildman–Crippen MR) is 79.9 cm³/mol. The minimum atomic E-state index is -4.42. The summed E-state index contributed by atoms with van der Waals surface area (Å²) in [7, 11) is 0. The first kappa shape index (κ1) is 17.8. The first-order valence-corrected chi connectivity index (χ1v) is 7.10. The number of alkyl halides is 3. The Morgan fingerprint density at radius 3 is 2.42 bits per heavy atom. The molecule has 0 saturated heterocycles. The Hall–Kier alpha value is -2.57. The maximum Gasteiger partial charge on any atom is 0.416 e. The minimum Gasteiger partial charge on any atom is -0.484 e. The van der Waals surface area contributed by atoms with Crippen LogP contribution in [0.1, 0.15) is 24.1 Å². The molecule has 0 radical (unpaired) electrons. The van der Waals surface area contributed by atoms with Crippen molar-refractivity contribution in [3.8, 4) is 5.75 Å². The highest BCUT2D eigenvalue weighted by molar-refractivity contribution is 5.78. The number of carbonyl (C=O) groups excluding carboxylic acids is 1. The summed E-state index contributed by atoms with van der Waals surface area (Å²) >= 11 is 0. The van der Waals surface area contributed by atoms with Crippen molar-refractivity contribution >= 4 is 5.91 Å². The van der Waals surface area contributed by atoms with Gasteiger partial charge in [-0.2, -0.15) is 13.2 Å². The molecular weight excluding hydrogens is 326 g/mol. The number of benzene rings is 2. The molecule has 1 amide bonds. The van der Waals surface area contributed by atoms with Gasteiger partial charge in [-0.25, -0.2) is 4.39 Å². The third kappa shape index (κ3) is 4.97. The molecule has 0 heterocycles. The lowest BCUT2D eigenvalue weighted by atomic mass is 10.1. The Kier molecular flexibility index (Phi) is 5.43. The normalized spacial score (nSPS) is 12.5. The number of ether oxygens (including phenoxy) is 1. The second-order valence-electron chi connectivity index (χ2n) is 5.16. The molecule has 2 rings (SSSR count). The zero-order chi connectivity index (χ0) is 17.7. The molecule has 0 bridgehead atoms. The number of amides is 1. The monoisotopic (exact) mass is 341 g/mol. The van der Waals surface area contributed by atoms with Gasteiger partial charge in [-0.05, 0) is 48.9 Å². The van der Waals surface area contributed by atoms with Crippen molar-refractivity contribution < 1.29 is 27.1 Å². The lowest BCUT2D eigenvalue weighted by molar-refractivity contribution is -0.137. The molecule has 2 aromatic rings. The lowest BCUT2D eigenvalue weighted by Gasteiger charge is -2.15. The van der Waals surface area contributed by atoms with Gasteiger partial charge in [-0.1, -0.05) is 12.1 Å². The van der Waals surface area contributed by atoms with Crippen molar-refractivity contribution in [2.24, 2.45) is 0 Å². The molecule has 0 saturated carbocycles. The van der Waals surface area contributed by atoms with Crippen molar-refractivity contribution in [2.75, 3.05) is 6.61 Å². The zero-order valence-electron chi connectivity index (χ0n) is 12.7. The molecule has 0 unspecified atom stereocenters. The number of hydrogen-bond donors (Lipinski definition) is 1. The van der Waals surface area contributed by atoms with Gasteiger partial charge in [0.2, 0.25) is 0 Å². The van der Waals surface area contributed by atoms with Gasteiger partial charge in [-0.3, -0.25) is 4.79 Å². The first-order chi connectivity index (χ1) is 11.3. The summed E-state index contributed by atoms with van der Waals surface area (Å²) in [6, 6.07) is 9.43. The quantitative estimate of drug-likeness (QED) is 0.832. The molecule has 3 nitrogen and oxygen atoms in total. The van der Waals surface area contributed by atoms with Gasteiger partial charge < -0.3 is 10.1 Å². The number of carbonyl (C=O) groups is 1. The molecule has 0 fully saturated rings. The van der Waals surface area contributed by atoms with E-state index in [9.17, 15) is 22.4 Å². The molecule has 2 aromatic carbocycles. The molecule has 0 aliphatic rings. The highest BCUT2D eigenvalue weighted by Crippen LogP contribution is 2.30. The van der Waals surface area contributed by atoms with Crippen LogP contribution in [0.5, 0.6) is 5.75 Å². The summed E-state index contributed by atoms with van der Waals surface area (Å²) < 4.78 is 55.6. The topological polar surface area (TPSA) is 38.3 Å². The number of rotatable bonds is 5. The largest absolute Gasteiger partial charge is 0.484 e. The van der Waals surface area contributed by atoms with Gasteiger partial charge in [0.1, 0.15) is 11.6 Å². The highest BCUT2D eigenvalue weighted by atomic mass is 19.4. The molecule has 0 aliphatic carbocycles. The Morgan fingerprint density at radius 1 is 1.17 bits per heavy atom. The number of halogens is 4. The van der Waals surface area contributed by atoms with Gasteiger partial charge in [0.25, 0.3) is 5.91 Å². The summed E-state index contributed by atoms with van der Waals surface area (Å²) in [6.07, 6.45) is -4.42. The summed E-state index contributed by atoms with van der Waals surface area (Å²) in [6.45, 7) is 1.33. The number of hydrogen-bond acceptors (Lipinski definition) is 2. The molecule has 0 aliphatic heterocycles. The van der Waals surface area contributed by atoms with E-state index in [0.29, 0.717) is 5.56 Å². The van der Waals surface area contributed by atoms with Crippen LogP contribution in [0, 0.1) is 5.82 Å². The van der Waals surface area contributed by atoms with Crippen LogP contribution in [0.25, 0.3) is 0 Å². The smallest absolute Gasteiger partial charge is 0.416 e. The fourth-order valence-corrected chi connectivity index (χ4v) is 2.03. The second-order valence-corrected chi connectivity index (χ2v) is 5.16. The molecule has 128 valence electrons. The van der Waals surface area contributed by atoms with Crippen molar-refractivity contribution in [3.05, 3.63) is 65.5 Å². The Labute approximate surface area is 136 Å². The molecule has 7 heteroatoms. The molecule has 0 aromatic heterocycles. The lowest BCUT2D eigenvalue weighted by Crippen LogP contribution is -2.31. The number of nitrogens with one attached hydrogen (secondary N) is 1. The Morgan fingerprint density at radius 2 is 1.83 bits per heavy atom. The van der Waals surface area contributed by atoms with E-state index in [0.717, 1.165) is 24.3 Å². The SMILES string of the molecule is C[C@H](NC(=O)COc1ccc(C(F)(F)F)cc1)c1cccc(F)c1. The van der Waals surface area contributed by atoms with E-state index in [4.69, 9.17) is 4.74 Å². The van der Waals surface area contributed by atoms with Crippen LogP contribution in [0.3, 0.4) is 0 Å². The third-order valence-electron chi connectivity index (χ3n) is 3.28. The van der Waals surface area contributed by atoms with E-state index in [1.54, 1.807) is 13.0 Å². The van der Waals surface area contributed by atoms with E-state index < -0.39 is 29.5 Å². The molecule has 24 heavy (non-hydrogen) atoms. The highest BCUT2D eigenvalue weighted by Gasteiger charge is 2.30. The zero-order valence-corrected chi connectivity index (χ0v) is 12.7. The molecule has 1 N–H and O–H groups in total. The van der Waals surface area contributed by atoms with Crippen LogP contribution in [-0.2, 0) is 11.0 Å². The molecular formula is C17H15F4NO2. The van der Waals surface area contributed by atoms with Crippen LogP contribution in [0.4, 0.5) is 17.6 Å². The van der Waals surface area contributed by atoms with E-state index >= 15 is 0 Å². The Balaban J connectivity index is 1.87. The van der Waals surface area contributed by atoms with E-state index in [1.807, 2.05) is 0 Å².